The summed E-state index contributed by atoms with van der Waals surface area (Å²) in [6, 6.07) is 4.01. The fourth-order valence-corrected chi connectivity index (χ4v) is 6.70. The van der Waals surface area contributed by atoms with Crippen LogP contribution in [0.4, 0.5) is 16.2 Å². The lowest BCUT2D eigenvalue weighted by molar-refractivity contribution is -0.385. The molecule has 0 N–H and O–H groups in total. The highest BCUT2D eigenvalue weighted by Crippen LogP contribution is 2.41. The normalized spacial score (nSPS) is 19.9. The van der Waals surface area contributed by atoms with E-state index in [1.807, 2.05) is 45.0 Å². The molecule has 12 nitrogen and oxygen atoms in total. The van der Waals surface area contributed by atoms with E-state index in [0.717, 1.165) is 88.6 Å². The molecule has 0 bridgehead atoms. The van der Waals surface area contributed by atoms with E-state index in [0.29, 0.717) is 12.0 Å². The van der Waals surface area contributed by atoms with Gasteiger partial charge < -0.3 is 24.2 Å². The van der Waals surface area contributed by atoms with Gasteiger partial charge in [0.1, 0.15) is 5.60 Å². The number of aromatic nitrogens is 2. The zero-order valence-electron chi connectivity index (χ0n) is 26.3. The Morgan fingerprint density at radius 1 is 1.02 bits per heavy atom. The number of hydrogen-bond donors (Lipinski definition) is 0. The number of methoxy groups -OCH3 is 1. The molecule has 1 amide bonds. The lowest BCUT2D eigenvalue weighted by Crippen LogP contribution is -2.53. The number of rotatable bonds is 7. The van der Waals surface area contributed by atoms with E-state index in [1.54, 1.807) is 16.9 Å². The Morgan fingerprint density at radius 3 is 2.26 bits per heavy atom. The number of piperazine rings is 1. The average molecular weight is 598 g/mol. The minimum Gasteiger partial charge on any atom is -0.490 e. The van der Waals surface area contributed by atoms with Crippen LogP contribution in [-0.4, -0.2) is 113 Å². The van der Waals surface area contributed by atoms with Gasteiger partial charge in [0.25, 0.3) is 0 Å². The number of nitrogens with zero attached hydrogens (tertiary/aromatic N) is 7. The van der Waals surface area contributed by atoms with Crippen LogP contribution in [0.5, 0.6) is 5.75 Å². The number of likely N-dealkylation sites (tertiary alicyclic amines) is 2. The summed E-state index contributed by atoms with van der Waals surface area (Å²) in [6.45, 7) is 14.3. The Kier molecular flexibility index (Phi) is 9.45. The van der Waals surface area contributed by atoms with Crippen LogP contribution < -0.4 is 9.64 Å². The molecule has 3 aliphatic heterocycles. The van der Waals surface area contributed by atoms with Crippen molar-refractivity contribution in [3.8, 4) is 16.9 Å². The van der Waals surface area contributed by atoms with Gasteiger partial charge >= 0.3 is 11.8 Å². The summed E-state index contributed by atoms with van der Waals surface area (Å²) in [7, 11) is 3.33. The molecule has 0 radical (unpaired) electrons. The van der Waals surface area contributed by atoms with Crippen LogP contribution in [0, 0.1) is 16.0 Å². The Labute approximate surface area is 254 Å². The number of aryl methyl sites for hydroxylation is 1. The van der Waals surface area contributed by atoms with E-state index >= 15 is 0 Å². The zero-order chi connectivity index (χ0) is 30.7. The molecule has 3 aliphatic rings. The molecule has 0 unspecified atom stereocenters. The molecule has 0 aliphatic carbocycles. The summed E-state index contributed by atoms with van der Waals surface area (Å²) in [4.78, 5) is 33.2. The molecular formula is C31H47N7O5. The van der Waals surface area contributed by atoms with Crippen molar-refractivity contribution in [2.45, 2.75) is 58.1 Å². The lowest BCUT2D eigenvalue weighted by Gasteiger charge is -2.44. The van der Waals surface area contributed by atoms with Crippen molar-refractivity contribution in [2.75, 3.05) is 70.9 Å². The van der Waals surface area contributed by atoms with Crippen molar-refractivity contribution in [1.82, 2.24) is 24.5 Å². The third-order valence-corrected chi connectivity index (χ3v) is 9.02. The molecule has 43 heavy (non-hydrogen) atoms. The van der Waals surface area contributed by atoms with Crippen LogP contribution in [0.2, 0.25) is 0 Å². The molecule has 0 spiro atoms. The highest BCUT2D eigenvalue weighted by molar-refractivity contribution is 5.82. The van der Waals surface area contributed by atoms with Crippen molar-refractivity contribution in [1.29, 1.82) is 0 Å². The molecule has 2 aromatic rings. The zero-order valence-corrected chi connectivity index (χ0v) is 26.3. The Morgan fingerprint density at radius 2 is 1.70 bits per heavy atom. The van der Waals surface area contributed by atoms with Gasteiger partial charge in [0.05, 0.1) is 18.2 Å². The van der Waals surface area contributed by atoms with Gasteiger partial charge in [-0.2, -0.15) is 5.10 Å². The molecule has 5 rings (SSSR count). The van der Waals surface area contributed by atoms with Crippen LogP contribution in [0.15, 0.2) is 24.5 Å². The maximum atomic E-state index is 12.4. The van der Waals surface area contributed by atoms with Gasteiger partial charge in [-0.15, -0.1) is 0 Å². The van der Waals surface area contributed by atoms with Gasteiger partial charge in [-0.25, -0.2) is 4.79 Å². The smallest absolute Gasteiger partial charge is 0.410 e. The molecule has 0 atom stereocenters. The standard InChI is InChI=1S/C31H47N7O5/c1-31(2,3)43-30(39)37-12-6-23(7-13-37)21-34-10-8-25(9-11-34)35-14-16-36(17-15-35)27-19-29(42-5)28(38(40)41)18-26(27)24-20-32-33(4)22-24/h18-20,22-23,25H,6-17,21H2,1-5H3. The number of nitro benzene ring substituents is 1. The van der Waals surface area contributed by atoms with Crippen molar-refractivity contribution >= 4 is 17.5 Å². The van der Waals surface area contributed by atoms with E-state index in [1.165, 1.54) is 20.0 Å². The molecule has 0 saturated carbocycles. The van der Waals surface area contributed by atoms with E-state index in [2.05, 4.69) is 19.8 Å². The molecule has 236 valence electrons. The number of amides is 1. The third kappa shape index (κ3) is 7.59. The number of nitro groups is 1. The first kappa shape index (κ1) is 31.1. The predicted octanol–water partition coefficient (Wildman–Crippen LogP) is 4.24. The van der Waals surface area contributed by atoms with Crippen LogP contribution in [-0.2, 0) is 11.8 Å². The van der Waals surface area contributed by atoms with Crippen LogP contribution in [0.3, 0.4) is 0 Å². The van der Waals surface area contributed by atoms with Gasteiger partial charge in [-0.05, 0) is 65.5 Å². The highest BCUT2D eigenvalue weighted by atomic mass is 16.6. The molecular weight excluding hydrogens is 550 g/mol. The summed E-state index contributed by atoms with van der Waals surface area (Å²) in [5.74, 6) is 0.907. The van der Waals surface area contributed by atoms with E-state index in [-0.39, 0.29) is 22.5 Å². The molecule has 12 heteroatoms. The van der Waals surface area contributed by atoms with Gasteiger partial charge in [0, 0.05) is 94.0 Å². The first-order valence-electron chi connectivity index (χ1n) is 15.6. The summed E-state index contributed by atoms with van der Waals surface area (Å²) in [5, 5.41) is 16.0. The first-order chi connectivity index (χ1) is 20.5. The summed E-state index contributed by atoms with van der Waals surface area (Å²) >= 11 is 0. The quantitative estimate of drug-likeness (QED) is 0.342. The number of hydrogen-bond acceptors (Lipinski definition) is 9. The number of carbonyl (C=O) groups excluding carboxylic acids is 1. The minimum absolute atomic E-state index is 0.0379. The van der Waals surface area contributed by atoms with Gasteiger partial charge in [-0.1, -0.05) is 0 Å². The molecule has 3 fully saturated rings. The maximum Gasteiger partial charge on any atom is 0.410 e. The first-order valence-corrected chi connectivity index (χ1v) is 15.6. The van der Waals surface area contributed by atoms with Crippen molar-refractivity contribution in [3.63, 3.8) is 0 Å². The number of anilines is 1. The molecule has 3 saturated heterocycles. The monoisotopic (exact) mass is 597 g/mol. The second kappa shape index (κ2) is 13.1. The van der Waals surface area contributed by atoms with Crippen LogP contribution >= 0.6 is 0 Å². The molecule has 1 aromatic heterocycles. The predicted molar refractivity (Wildman–Crippen MR) is 166 cm³/mol. The third-order valence-electron chi connectivity index (χ3n) is 9.02. The minimum atomic E-state index is -0.452. The topological polar surface area (TPSA) is 109 Å². The average Bonchev–Trinajstić information content (AvgIpc) is 3.42. The lowest BCUT2D eigenvalue weighted by atomic mass is 9.94. The van der Waals surface area contributed by atoms with Crippen LogP contribution in [0.1, 0.15) is 46.5 Å². The fourth-order valence-electron chi connectivity index (χ4n) is 6.70. The summed E-state index contributed by atoms with van der Waals surface area (Å²) in [5.41, 5.74) is 2.12. The Bertz CT molecular complexity index is 1270. The second-order valence-corrected chi connectivity index (χ2v) is 13.2. The number of benzene rings is 1. The number of carbonyl (C=O) groups is 1. The van der Waals surface area contributed by atoms with Crippen molar-refractivity contribution < 1.29 is 19.2 Å². The fraction of sp³-hybridized carbons (Fsp3) is 0.677. The van der Waals surface area contributed by atoms with Gasteiger partial charge in [0.2, 0.25) is 0 Å². The largest absolute Gasteiger partial charge is 0.490 e. The summed E-state index contributed by atoms with van der Waals surface area (Å²) < 4.78 is 12.7. The van der Waals surface area contributed by atoms with Gasteiger partial charge in [0.15, 0.2) is 5.75 Å². The molecule has 4 heterocycles. The summed E-state index contributed by atoms with van der Waals surface area (Å²) in [6.07, 6.45) is 7.87. The SMILES string of the molecule is COc1cc(N2CCN(C3CCN(CC4CCN(C(=O)OC(C)(C)C)CC4)CC3)CC2)c(-c2cnn(C)c2)cc1[N+](=O)[O-]. The highest BCUT2D eigenvalue weighted by Gasteiger charge is 2.32. The van der Waals surface area contributed by atoms with E-state index < -0.39 is 5.60 Å². The van der Waals surface area contributed by atoms with E-state index in [4.69, 9.17) is 9.47 Å². The maximum absolute atomic E-state index is 12.4. The van der Waals surface area contributed by atoms with Crippen molar-refractivity contribution in [2.24, 2.45) is 13.0 Å². The Hall–Kier alpha value is -3.38. The van der Waals surface area contributed by atoms with E-state index in [9.17, 15) is 14.9 Å². The number of ether oxygens (including phenoxy) is 2. The van der Waals surface area contributed by atoms with Gasteiger partial charge in [-0.3, -0.25) is 19.7 Å². The number of piperidine rings is 2. The Balaban J connectivity index is 1.12. The second-order valence-electron chi connectivity index (χ2n) is 13.2. The molecule has 1 aromatic carbocycles. The van der Waals surface area contributed by atoms with Crippen molar-refractivity contribution in [3.05, 3.63) is 34.6 Å². The van der Waals surface area contributed by atoms with Crippen LogP contribution in [0.25, 0.3) is 11.1 Å².